The molecule has 0 spiro atoms. The van der Waals surface area contributed by atoms with E-state index in [2.05, 4.69) is 50.2 Å². The summed E-state index contributed by atoms with van der Waals surface area (Å²) < 4.78 is 9.94. The molecule has 27 heavy (non-hydrogen) atoms. The number of hydrogen-bond acceptors (Lipinski definition) is 5. The van der Waals surface area contributed by atoms with Crippen molar-refractivity contribution in [3.8, 4) is 17.1 Å². The molecule has 3 aromatic rings. The van der Waals surface area contributed by atoms with Crippen molar-refractivity contribution in [2.45, 2.75) is 25.8 Å². The number of rotatable bonds is 6. The van der Waals surface area contributed by atoms with Crippen LogP contribution in [-0.2, 0) is 7.05 Å². The van der Waals surface area contributed by atoms with Gasteiger partial charge in [-0.15, -0.1) is 0 Å². The lowest BCUT2D eigenvalue weighted by atomic mass is 10.1. The van der Waals surface area contributed by atoms with E-state index in [1.165, 1.54) is 6.42 Å². The molecule has 0 saturated carbocycles. The highest BCUT2D eigenvalue weighted by Crippen LogP contribution is 2.36. The first kappa shape index (κ1) is 18.8. The minimum atomic E-state index is 0.402. The highest BCUT2D eigenvalue weighted by Gasteiger charge is 2.22. The fraction of sp³-hybridized carbons (Fsp3) is 0.389. The van der Waals surface area contributed by atoms with Gasteiger partial charge in [0.05, 0.1) is 40.7 Å². The lowest BCUT2D eigenvalue weighted by Gasteiger charge is -2.13. The zero-order valence-electron chi connectivity index (χ0n) is 15.4. The number of hydrogen-bond donors (Lipinski definition) is 1. The number of nitrogens with one attached hydrogen (secondary N) is 1. The van der Waals surface area contributed by atoms with E-state index in [1.807, 2.05) is 24.6 Å². The van der Waals surface area contributed by atoms with Gasteiger partial charge in [0, 0.05) is 18.5 Å². The summed E-state index contributed by atoms with van der Waals surface area (Å²) in [6.07, 6.45) is 6.53. The van der Waals surface area contributed by atoms with Gasteiger partial charge in [0.1, 0.15) is 6.61 Å². The normalized spacial score (nSPS) is 17.4. The van der Waals surface area contributed by atoms with Crippen LogP contribution in [0.4, 0.5) is 0 Å². The number of aryl methyl sites for hydroxylation is 2. The first-order chi connectivity index (χ1) is 13.1. The summed E-state index contributed by atoms with van der Waals surface area (Å²) in [4.78, 5) is 4.70. The van der Waals surface area contributed by atoms with Crippen LogP contribution in [0, 0.1) is 6.92 Å². The average molecular weight is 496 g/mol. The number of pyridine rings is 1. The van der Waals surface area contributed by atoms with E-state index in [0.717, 1.165) is 52.4 Å². The molecule has 4 heterocycles. The molecule has 0 radical (unpaired) electrons. The van der Waals surface area contributed by atoms with E-state index in [-0.39, 0.29) is 0 Å². The predicted octanol–water partition coefficient (Wildman–Crippen LogP) is 3.71. The minimum absolute atomic E-state index is 0.402. The van der Waals surface area contributed by atoms with Crippen molar-refractivity contribution in [3.05, 3.63) is 30.2 Å². The Morgan fingerprint density at radius 2 is 2.33 bits per heavy atom. The van der Waals surface area contributed by atoms with Crippen LogP contribution in [0.25, 0.3) is 28.2 Å². The highest BCUT2D eigenvalue weighted by atomic mass is 127. The van der Waals surface area contributed by atoms with Gasteiger partial charge in [-0.1, -0.05) is 6.58 Å². The van der Waals surface area contributed by atoms with Gasteiger partial charge in [0.2, 0.25) is 5.88 Å². The monoisotopic (exact) mass is 496 g/mol. The Bertz CT molecular complexity index is 992. The van der Waals surface area contributed by atoms with E-state index in [9.17, 15) is 0 Å². The van der Waals surface area contributed by atoms with E-state index >= 15 is 0 Å². The summed E-state index contributed by atoms with van der Waals surface area (Å²) in [6, 6.07) is 2.47. The maximum atomic E-state index is 6.18. The second-order valence-corrected chi connectivity index (χ2v) is 8.71. The second kappa shape index (κ2) is 7.85. The van der Waals surface area contributed by atoms with E-state index in [0.29, 0.717) is 19.0 Å². The summed E-state index contributed by atoms with van der Waals surface area (Å²) in [5.74, 6) is 0.761. The van der Waals surface area contributed by atoms with E-state index < -0.39 is 0 Å². The number of ether oxygens (including phenoxy) is 1. The van der Waals surface area contributed by atoms with Crippen molar-refractivity contribution in [2.75, 3.05) is 13.2 Å². The van der Waals surface area contributed by atoms with Gasteiger partial charge in [-0.05, 0) is 60.5 Å². The van der Waals surface area contributed by atoms with Crippen LogP contribution in [0.15, 0.2) is 18.8 Å². The summed E-state index contributed by atoms with van der Waals surface area (Å²) in [6.45, 7) is 7.60. The number of aromatic nitrogens is 5. The molecule has 2 unspecified atom stereocenters. The Balaban J connectivity index is 1.75. The number of fused-ring (bicyclic) bond motifs is 1. The standard InChI is InChI=1S/C18H22IN6OP/c1-4-14-13-8-15(21-9-16(13)25(23-14)27-19)17-11(2)22-24(3)18(17)26-10-12-6-5-7-20-12/h4,8-9,12,20,27H,1,5-7,10H2,2-3H3. The van der Waals surface area contributed by atoms with Crippen molar-refractivity contribution < 1.29 is 4.74 Å². The topological polar surface area (TPSA) is 69.8 Å². The predicted molar refractivity (Wildman–Crippen MR) is 119 cm³/mol. The molecule has 3 aromatic heterocycles. The van der Waals surface area contributed by atoms with Gasteiger partial charge in [-0.2, -0.15) is 10.2 Å². The van der Waals surface area contributed by atoms with E-state index in [1.54, 1.807) is 10.8 Å². The molecule has 1 N–H and O–H groups in total. The maximum Gasteiger partial charge on any atom is 0.221 e. The maximum absolute atomic E-state index is 6.18. The van der Waals surface area contributed by atoms with E-state index in [4.69, 9.17) is 9.72 Å². The molecule has 1 aliphatic rings. The van der Waals surface area contributed by atoms with Crippen molar-refractivity contribution in [1.82, 2.24) is 29.6 Å². The Morgan fingerprint density at radius 3 is 3.04 bits per heavy atom. The van der Waals surface area contributed by atoms with Gasteiger partial charge in [0.15, 0.2) is 0 Å². The molecule has 0 bridgehead atoms. The van der Waals surface area contributed by atoms with Gasteiger partial charge in [0.25, 0.3) is 0 Å². The van der Waals surface area contributed by atoms with Crippen LogP contribution in [0.2, 0.25) is 0 Å². The van der Waals surface area contributed by atoms with Gasteiger partial charge < -0.3 is 10.1 Å². The lowest BCUT2D eigenvalue weighted by molar-refractivity contribution is 0.257. The molecule has 0 aromatic carbocycles. The van der Waals surface area contributed by atoms with Gasteiger partial charge >= 0.3 is 0 Å². The van der Waals surface area contributed by atoms with Crippen LogP contribution < -0.4 is 10.1 Å². The molecule has 2 atom stereocenters. The summed E-state index contributed by atoms with van der Waals surface area (Å²) in [7, 11) is 1.91. The molecule has 1 fully saturated rings. The summed E-state index contributed by atoms with van der Waals surface area (Å²) in [5, 5.41) is 13.7. The molecular weight excluding hydrogens is 474 g/mol. The number of nitrogens with zero attached hydrogens (tertiary/aromatic N) is 5. The molecule has 0 amide bonds. The Hall–Kier alpha value is -1.51. The Kier molecular flexibility index (Phi) is 5.48. The summed E-state index contributed by atoms with van der Waals surface area (Å²) in [5.41, 5.74) is 4.58. The van der Waals surface area contributed by atoms with Crippen LogP contribution in [0.3, 0.4) is 0 Å². The van der Waals surface area contributed by atoms with Crippen molar-refractivity contribution in [3.63, 3.8) is 0 Å². The van der Waals surface area contributed by atoms with Crippen molar-refractivity contribution in [2.24, 2.45) is 7.05 Å². The number of halogens is 1. The summed E-state index contributed by atoms with van der Waals surface area (Å²) >= 11 is 2.32. The Morgan fingerprint density at radius 1 is 1.48 bits per heavy atom. The smallest absolute Gasteiger partial charge is 0.221 e. The van der Waals surface area contributed by atoms with Crippen LogP contribution >= 0.6 is 28.4 Å². The molecule has 7 nitrogen and oxygen atoms in total. The quantitative estimate of drug-likeness (QED) is 0.417. The molecule has 142 valence electrons. The first-order valence-electron chi connectivity index (χ1n) is 8.90. The van der Waals surface area contributed by atoms with Crippen molar-refractivity contribution >= 4 is 45.4 Å². The van der Waals surface area contributed by atoms with Gasteiger partial charge in [-0.3, -0.25) is 4.98 Å². The second-order valence-electron chi connectivity index (χ2n) is 6.67. The molecule has 1 saturated heterocycles. The first-order valence-corrected chi connectivity index (χ1v) is 13.0. The zero-order chi connectivity index (χ0) is 19.0. The minimum Gasteiger partial charge on any atom is -0.476 e. The highest BCUT2D eigenvalue weighted by molar-refractivity contribution is 14.2. The average Bonchev–Trinajstić information content (AvgIpc) is 3.37. The van der Waals surface area contributed by atoms with Crippen LogP contribution in [-0.4, -0.2) is 43.5 Å². The third-order valence-electron chi connectivity index (χ3n) is 4.88. The third kappa shape index (κ3) is 3.50. The Labute approximate surface area is 172 Å². The van der Waals surface area contributed by atoms with Gasteiger partial charge in [-0.25, -0.2) is 9.13 Å². The molecule has 1 aliphatic heterocycles. The van der Waals surface area contributed by atoms with Crippen LogP contribution in [0.1, 0.15) is 24.2 Å². The lowest BCUT2D eigenvalue weighted by Crippen LogP contribution is -2.28. The third-order valence-corrected chi connectivity index (χ3v) is 6.75. The molecule has 0 aliphatic carbocycles. The zero-order valence-corrected chi connectivity index (χ0v) is 18.5. The molecule has 4 rings (SSSR count). The molecule has 9 heteroatoms. The SMILES string of the molecule is C=Cc1nn(PI)c2cnc(-c3c(C)nn(C)c3OCC3CCCN3)cc12. The largest absolute Gasteiger partial charge is 0.476 e. The van der Waals surface area contributed by atoms with Crippen molar-refractivity contribution in [1.29, 1.82) is 0 Å². The molecular formula is C18H22IN6OP. The van der Waals surface area contributed by atoms with Crippen LogP contribution in [0.5, 0.6) is 5.88 Å². The fourth-order valence-corrected chi connectivity index (χ4v) is 5.08. The fourth-order valence-electron chi connectivity index (χ4n) is 3.57.